The summed E-state index contributed by atoms with van der Waals surface area (Å²) in [5.41, 5.74) is 12.2. The first-order valence-corrected chi connectivity index (χ1v) is 28.8. The van der Waals surface area contributed by atoms with Crippen LogP contribution in [0.5, 0.6) is 0 Å². The summed E-state index contributed by atoms with van der Waals surface area (Å²) < 4.78 is 0. The second-order valence-electron chi connectivity index (χ2n) is 19.5. The lowest BCUT2D eigenvalue weighted by atomic mass is 9.80. The van der Waals surface area contributed by atoms with Crippen LogP contribution in [0.1, 0.15) is 25.0 Å². The van der Waals surface area contributed by atoms with Crippen LogP contribution in [-0.4, -0.2) is 16.1 Å². The molecule has 0 spiro atoms. The van der Waals surface area contributed by atoms with Crippen molar-refractivity contribution in [2.75, 3.05) is 9.80 Å². The van der Waals surface area contributed by atoms with Gasteiger partial charge in [-0.25, -0.2) is 0 Å². The molecule has 10 rings (SSSR count). The van der Waals surface area contributed by atoms with Crippen LogP contribution in [0.4, 0.5) is 34.1 Å². The van der Waals surface area contributed by atoms with Crippen LogP contribution >= 0.6 is 0 Å². The third-order valence-corrected chi connectivity index (χ3v) is 17.2. The predicted molar refractivity (Wildman–Crippen MR) is 272 cm³/mol. The van der Waals surface area contributed by atoms with Gasteiger partial charge in [0.15, 0.2) is 0 Å². The van der Waals surface area contributed by atoms with Gasteiger partial charge in [-0.2, -0.15) is 0 Å². The fourth-order valence-corrected chi connectivity index (χ4v) is 12.1. The quantitative estimate of drug-likeness (QED) is 0.141. The first kappa shape index (κ1) is 39.0. The molecule has 0 heterocycles. The number of benzene rings is 9. The van der Waals surface area contributed by atoms with Crippen molar-refractivity contribution in [1.82, 2.24) is 0 Å². The lowest BCUT2D eigenvalue weighted by Gasteiger charge is -2.30. The normalized spacial score (nSPS) is 13.4. The molecule has 0 aliphatic heterocycles. The molecule has 0 bridgehead atoms. The Kier molecular flexibility index (Phi) is 9.24. The molecule has 0 unspecified atom stereocenters. The Morgan fingerprint density at radius 3 is 1.33 bits per heavy atom. The van der Waals surface area contributed by atoms with Gasteiger partial charge in [-0.15, -0.1) is 0 Å². The summed E-state index contributed by atoms with van der Waals surface area (Å²) in [5, 5.41) is 10.5. The third-order valence-electron chi connectivity index (χ3n) is 13.1. The van der Waals surface area contributed by atoms with Gasteiger partial charge >= 0.3 is 0 Å². The maximum absolute atomic E-state index is 2.47. The Bertz CT molecular complexity index is 3120. The number of anilines is 6. The highest BCUT2D eigenvalue weighted by molar-refractivity contribution is 6.89. The summed E-state index contributed by atoms with van der Waals surface area (Å²) in [6, 6.07) is 68.6. The third kappa shape index (κ3) is 6.70. The zero-order chi connectivity index (χ0) is 42.3. The Balaban J connectivity index is 1.10. The van der Waals surface area contributed by atoms with E-state index >= 15 is 0 Å². The molecule has 0 fully saturated rings. The van der Waals surface area contributed by atoms with E-state index in [1.165, 1.54) is 93.4 Å². The highest BCUT2D eigenvalue weighted by Gasteiger charge is 2.38. The first-order chi connectivity index (χ1) is 29.3. The van der Waals surface area contributed by atoms with Gasteiger partial charge in [0.25, 0.3) is 0 Å². The minimum atomic E-state index is -1.47. The fourth-order valence-electron chi connectivity index (χ4n) is 9.79. The Morgan fingerprint density at radius 2 is 0.803 bits per heavy atom. The highest BCUT2D eigenvalue weighted by atomic mass is 28.3. The molecule has 0 aromatic heterocycles. The van der Waals surface area contributed by atoms with E-state index in [4.69, 9.17) is 0 Å². The molecule has 1 aliphatic rings. The zero-order valence-electron chi connectivity index (χ0n) is 36.7. The van der Waals surface area contributed by atoms with Gasteiger partial charge in [0.05, 0.1) is 27.5 Å². The van der Waals surface area contributed by atoms with Gasteiger partial charge < -0.3 is 9.80 Å². The average molecular weight is 823 g/mol. The first-order valence-electron chi connectivity index (χ1n) is 21.8. The molecule has 61 heavy (non-hydrogen) atoms. The maximum atomic E-state index is 2.47. The molecule has 0 N–H and O–H groups in total. The smallest absolute Gasteiger partial charge is 0.0775 e. The molecule has 0 amide bonds. The number of hydrogen-bond donors (Lipinski definition) is 0. The SMILES string of the molecule is CC1(C)c2cc(N(c3ccc([Si](C)(C)C)cc3)c3cccc4ccccc34)ccc2-c2ccc3cc(N(c4ccc([Si](C)(C)C)cc4)c4cccc5ccccc45)ccc3c21. The van der Waals surface area contributed by atoms with E-state index in [1.54, 1.807) is 0 Å². The number of nitrogens with zero attached hydrogens (tertiary/aromatic N) is 2. The average Bonchev–Trinajstić information content (AvgIpc) is 3.49. The van der Waals surface area contributed by atoms with Crippen molar-refractivity contribution in [2.45, 2.75) is 58.5 Å². The van der Waals surface area contributed by atoms with Crippen LogP contribution in [0.3, 0.4) is 0 Å². The van der Waals surface area contributed by atoms with Gasteiger partial charge in [0, 0.05) is 38.9 Å². The van der Waals surface area contributed by atoms with Gasteiger partial charge in [0.2, 0.25) is 0 Å². The van der Waals surface area contributed by atoms with E-state index in [-0.39, 0.29) is 5.41 Å². The van der Waals surface area contributed by atoms with Crippen molar-refractivity contribution in [2.24, 2.45) is 0 Å². The standard InChI is InChI=1S/C57H54N2Si2/c1-57(2)53-38-45(59(43-26-32-47(33-27-43)61(6,7)8)55-22-14-18-40-16-10-12-20-49(40)55)29-36-51(53)52-34-23-41-37-44(28-35-50(41)56(52)57)58(42-24-30-46(31-25-42)60(3,4)5)54-21-13-17-39-15-9-11-19-48(39)54/h9-38H,1-8H3. The van der Waals surface area contributed by atoms with E-state index in [1.807, 2.05) is 0 Å². The topological polar surface area (TPSA) is 6.48 Å². The molecule has 9 aromatic carbocycles. The molecule has 0 saturated carbocycles. The molecule has 2 nitrogen and oxygen atoms in total. The summed E-state index contributed by atoms with van der Waals surface area (Å²) in [6.07, 6.45) is 0. The van der Waals surface area contributed by atoms with Crippen molar-refractivity contribution >= 4 is 93.0 Å². The molecule has 0 atom stereocenters. The molecule has 0 radical (unpaired) electrons. The van der Waals surface area contributed by atoms with Crippen molar-refractivity contribution in [3.05, 3.63) is 193 Å². The lowest BCUT2D eigenvalue weighted by Crippen LogP contribution is -2.37. The van der Waals surface area contributed by atoms with E-state index in [0.29, 0.717) is 0 Å². The van der Waals surface area contributed by atoms with E-state index < -0.39 is 16.1 Å². The zero-order valence-corrected chi connectivity index (χ0v) is 38.7. The maximum Gasteiger partial charge on any atom is 0.0775 e. The largest absolute Gasteiger partial charge is 0.310 e. The number of hydrogen-bond acceptors (Lipinski definition) is 2. The van der Waals surface area contributed by atoms with Crippen LogP contribution in [0.2, 0.25) is 39.3 Å². The number of fused-ring (bicyclic) bond motifs is 7. The summed E-state index contributed by atoms with van der Waals surface area (Å²) in [5.74, 6) is 0. The lowest BCUT2D eigenvalue weighted by molar-refractivity contribution is 0.666. The van der Waals surface area contributed by atoms with Crippen molar-refractivity contribution in [3.63, 3.8) is 0 Å². The van der Waals surface area contributed by atoms with Crippen LogP contribution in [-0.2, 0) is 5.41 Å². The van der Waals surface area contributed by atoms with E-state index in [2.05, 4.69) is 245 Å². The molecular weight excluding hydrogens is 769 g/mol. The summed E-state index contributed by atoms with van der Waals surface area (Å²) in [6.45, 7) is 19.3. The highest BCUT2D eigenvalue weighted by Crippen LogP contribution is 2.54. The molecular formula is C57H54N2Si2. The summed E-state index contributed by atoms with van der Waals surface area (Å²) in [4.78, 5) is 4.92. The van der Waals surface area contributed by atoms with Crippen LogP contribution in [0.25, 0.3) is 43.4 Å². The van der Waals surface area contributed by atoms with Gasteiger partial charge in [-0.3, -0.25) is 0 Å². The fraction of sp³-hybridized carbons (Fsp3) is 0.158. The molecule has 300 valence electrons. The van der Waals surface area contributed by atoms with Gasteiger partial charge in [0.1, 0.15) is 0 Å². The Labute approximate surface area is 363 Å². The second-order valence-corrected chi connectivity index (χ2v) is 29.7. The van der Waals surface area contributed by atoms with E-state index in [9.17, 15) is 0 Å². The predicted octanol–water partition coefficient (Wildman–Crippen LogP) is 15.5. The molecule has 4 heteroatoms. The van der Waals surface area contributed by atoms with Crippen molar-refractivity contribution < 1.29 is 0 Å². The van der Waals surface area contributed by atoms with Crippen LogP contribution in [0.15, 0.2) is 182 Å². The number of rotatable bonds is 8. The van der Waals surface area contributed by atoms with Crippen molar-refractivity contribution in [3.8, 4) is 11.1 Å². The van der Waals surface area contributed by atoms with Gasteiger partial charge in [-0.1, -0.05) is 185 Å². The van der Waals surface area contributed by atoms with Crippen LogP contribution in [0, 0.1) is 0 Å². The summed E-state index contributed by atoms with van der Waals surface area (Å²) >= 11 is 0. The minimum Gasteiger partial charge on any atom is -0.310 e. The minimum absolute atomic E-state index is 0.226. The molecule has 1 aliphatic carbocycles. The summed E-state index contributed by atoms with van der Waals surface area (Å²) in [7, 11) is -2.93. The Hall–Kier alpha value is -6.21. The monoisotopic (exact) mass is 822 g/mol. The Morgan fingerprint density at radius 1 is 0.361 bits per heavy atom. The second kappa shape index (κ2) is 14.5. The molecule has 0 saturated heterocycles. The molecule has 9 aromatic rings. The van der Waals surface area contributed by atoms with E-state index in [0.717, 1.165) is 5.69 Å². The van der Waals surface area contributed by atoms with Gasteiger partial charge in [-0.05, 0) is 104 Å². The van der Waals surface area contributed by atoms with Crippen LogP contribution < -0.4 is 20.2 Å². The van der Waals surface area contributed by atoms with Crippen molar-refractivity contribution in [1.29, 1.82) is 0 Å².